The van der Waals surface area contributed by atoms with Crippen molar-refractivity contribution in [2.24, 2.45) is 5.92 Å². The molecule has 1 N–H and O–H groups in total. The minimum absolute atomic E-state index is 0.0859. The number of hydrogen-bond acceptors (Lipinski definition) is 6. The number of carbonyl (C=O) groups is 3. The number of Topliss-reactive ketones (excluding diaryl/α,β-unsaturated/α-hetero) is 1. The van der Waals surface area contributed by atoms with Gasteiger partial charge in [0.1, 0.15) is 5.92 Å². The number of carbonyl (C=O) groups excluding carboxylic acids is 3. The molecule has 0 spiro atoms. The van der Waals surface area contributed by atoms with E-state index >= 15 is 0 Å². The summed E-state index contributed by atoms with van der Waals surface area (Å²) in [6.07, 6.45) is 0.679. The molecule has 1 amide bonds. The number of hydrogen-bond donors (Lipinski definition) is 1. The summed E-state index contributed by atoms with van der Waals surface area (Å²) in [6, 6.07) is 5.78. The van der Waals surface area contributed by atoms with Crippen molar-refractivity contribution in [1.29, 1.82) is 0 Å². The third-order valence-corrected chi connectivity index (χ3v) is 6.83. The van der Waals surface area contributed by atoms with Crippen LogP contribution < -0.4 is 5.32 Å². The molecule has 4 rings (SSSR count). The number of ketones is 1. The molecule has 27 heavy (non-hydrogen) atoms. The third-order valence-electron chi connectivity index (χ3n) is 5.12. The Kier molecular flexibility index (Phi) is 4.97. The van der Waals surface area contributed by atoms with Gasteiger partial charge in [-0.3, -0.25) is 14.4 Å². The number of rotatable bonds is 4. The third kappa shape index (κ3) is 3.26. The van der Waals surface area contributed by atoms with E-state index in [9.17, 15) is 14.4 Å². The molecular formula is C20H19NO4S2. The van der Waals surface area contributed by atoms with Gasteiger partial charge < -0.3 is 10.1 Å². The first kappa shape index (κ1) is 18.1. The van der Waals surface area contributed by atoms with Crippen LogP contribution in [0.4, 0.5) is 0 Å². The van der Waals surface area contributed by atoms with Crippen LogP contribution in [0.2, 0.25) is 0 Å². The summed E-state index contributed by atoms with van der Waals surface area (Å²) in [7, 11) is 0. The second-order valence-corrected chi connectivity index (χ2v) is 8.43. The van der Waals surface area contributed by atoms with Crippen molar-refractivity contribution in [3.05, 3.63) is 56.1 Å². The van der Waals surface area contributed by atoms with Crippen LogP contribution in [0.25, 0.3) is 0 Å². The zero-order valence-electron chi connectivity index (χ0n) is 14.8. The molecule has 0 fully saturated rings. The van der Waals surface area contributed by atoms with Crippen LogP contribution in [0.1, 0.15) is 42.0 Å². The molecule has 0 unspecified atom stereocenters. The molecule has 0 saturated heterocycles. The lowest BCUT2D eigenvalue weighted by atomic mass is 9.70. The Bertz CT molecular complexity index is 899. The van der Waals surface area contributed by atoms with E-state index in [0.717, 1.165) is 10.4 Å². The number of ether oxygens (including phenoxy) is 1. The van der Waals surface area contributed by atoms with E-state index in [-0.39, 0.29) is 36.6 Å². The normalized spacial score (nSPS) is 25.1. The molecule has 7 heteroatoms. The summed E-state index contributed by atoms with van der Waals surface area (Å²) in [6.45, 7) is 1.97. The average molecular weight is 402 g/mol. The summed E-state index contributed by atoms with van der Waals surface area (Å²) in [5.74, 6) is -2.25. The van der Waals surface area contributed by atoms with Crippen molar-refractivity contribution in [3.8, 4) is 0 Å². The fourth-order valence-corrected chi connectivity index (χ4v) is 5.56. The number of allylic oxidation sites excluding steroid dienone is 2. The molecule has 0 radical (unpaired) electrons. The maximum absolute atomic E-state index is 13.5. The van der Waals surface area contributed by atoms with Gasteiger partial charge in [0.05, 0.1) is 6.61 Å². The molecule has 1 aliphatic heterocycles. The highest BCUT2D eigenvalue weighted by Crippen LogP contribution is 2.46. The summed E-state index contributed by atoms with van der Waals surface area (Å²) in [4.78, 5) is 39.4. The molecule has 140 valence electrons. The first-order valence-corrected chi connectivity index (χ1v) is 10.7. The van der Waals surface area contributed by atoms with Crippen LogP contribution in [0.15, 0.2) is 45.6 Å². The van der Waals surface area contributed by atoms with E-state index in [0.29, 0.717) is 17.7 Å². The Labute approximate surface area is 165 Å². The van der Waals surface area contributed by atoms with Crippen molar-refractivity contribution < 1.29 is 19.1 Å². The quantitative estimate of drug-likeness (QED) is 0.628. The monoisotopic (exact) mass is 401 g/mol. The van der Waals surface area contributed by atoms with Crippen LogP contribution >= 0.6 is 22.7 Å². The Morgan fingerprint density at radius 2 is 2.11 bits per heavy atom. The van der Waals surface area contributed by atoms with Crippen molar-refractivity contribution in [3.63, 3.8) is 0 Å². The minimum Gasteiger partial charge on any atom is -0.465 e. The average Bonchev–Trinajstić information content (AvgIpc) is 3.34. The molecule has 3 atom stereocenters. The molecule has 0 bridgehead atoms. The largest absolute Gasteiger partial charge is 0.465 e. The van der Waals surface area contributed by atoms with Crippen LogP contribution in [0.5, 0.6) is 0 Å². The van der Waals surface area contributed by atoms with Gasteiger partial charge in [0.2, 0.25) is 5.91 Å². The lowest BCUT2D eigenvalue weighted by molar-refractivity contribution is -0.152. The first-order chi connectivity index (χ1) is 13.1. The summed E-state index contributed by atoms with van der Waals surface area (Å²) < 4.78 is 5.24. The summed E-state index contributed by atoms with van der Waals surface area (Å²) >= 11 is 3.05. The Hall–Kier alpha value is -2.25. The van der Waals surface area contributed by atoms with Gasteiger partial charge in [-0.25, -0.2) is 0 Å². The molecule has 2 aromatic heterocycles. The molecular weight excluding hydrogens is 382 g/mol. The topological polar surface area (TPSA) is 72.5 Å². The van der Waals surface area contributed by atoms with Crippen molar-refractivity contribution in [2.75, 3.05) is 6.61 Å². The highest BCUT2D eigenvalue weighted by Gasteiger charge is 2.48. The second kappa shape index (κ2) is 7.40. The van der Waals surface area contributed by atoms with E-state index < -0.39 is 11.9 Å². The van der Waals surface area contributed by atoms with Crippen LogP contribution in [-0.4, -0.2) is 24.3 Å². The first-order valence-electron chi connectivity index (χ1n) is 8.89. The number of thiophene rings is 2. The summed E-state index contributed by atoms with van der Waals surface area (Å²) in [5.41, 5.74) is 2.18. The van der Waals surface area contributed by atoms with Gasteiger partial charge in [-0.15, -0.1) is 11.3 Å². The van der Waals surface area contributed by atoms with Crippen LogP contribution in [0.3, 0.4) is 0 Å². The van der Waals surface area contributed by atoms with E-state index in [1.165, 1.54) is 22.7 Å². The fourth-order valence-electron chi connectivity index (χ4n) is 3.98. The minimum atomic E-state index is -0.863. The Balaban J connectivity index is 1.80. The Morgan fingerprint density at radius 3 is 2.78 bits per heavy atom. The van der Waals surface area contributed by atoms with Gasteiger partial charge in [0.15, 0.2) is 5.78 Å². The molecule has 0 saturated carbocycles. The highest BCUT2D eigenvalue weighted by atomic mass is 32.1. The zero-order valence-corrected chi connectivity index (χ0v) is 16.4. The van der Waals surface area contributed by atoms with Gasteiger partial charge in [0.25, 0.3) is 0 Å². The van der Waals surface area contributed by atoms with Gasteiger partial charge in [-0.2, -0.15) is 11.3 Å². The van der Waals surface area contributed by atoms with Gasteiger partial charge in [0, 0.05) is 34.4 Å². The van der Waals surface area contributed by atoms with Crippen molar-refractivity contribution in [2.45, 2.75) is 31.6 Å². The molecule has 1 aliphatic carbocycles. The van der Waals surface area contributed by atoms with Gasteiger partial charge in [-0.05, 0) is 47.2 Å². The van der Waals surface area contributed by atoms with Gasteiger partial charge >= 0.3 is 5.97 Å². The number of nitrogens with one attached hydrogen (secondary N) is 1. The SMILES string of the molecule is CCOC(=O)[C@H]1C(=O)C2=C(C[C@@H]1c1cccs1)NC(=O)C[C@H]2c1ccsc1. The van der Waals surface area contributed by atoms with E-state index in [1.807, 2.05) is 34.3 Å². The molecule has 0 aromatic carbocycles. The van der Waals surface area contributed by atoms with E-state index in [2.05, 4.69) is 5.32 Å². The zero-order chi connectivity index (χ0) is 19.0. The summed E-state index contributed by atoms with van der Waals surface area (Å²) in [5, 5.41) is 8.73. The van der Waals surface area contributed by atoms with Crippen molar-refractivity contribution >= 4 is 40.3 Å². The predicted molar refractivity (Wildman–Crippen MR) is 104 cm³/mol. The molecule has 5 nitrogen and oxygen atoms in total. The van der Waals surface area contributed by atoms with E-state index in [1.54, 1.807) is 6.92 Å². The number of esters is 1. The highest BCUT2D eigenvalue weighted by molar-refractivity contribution is 7.10. The second-order valence-electron chi connectivity index (χ2n) is 6.67. The van der Waals surface area contributed by atoms with Crippen LogP contribution in [-0.2, 0) is 19.1 Å². The molecule has 2 aliphatic rings. The lowest BCUT2D eigenvalue weighted by Gasteiger charge is -2.37. The molecule has 2 aromatic rings. The van der Waals surface area contributed by atoms with Crippen molar-refractivity contribution in [1.82, 2.24) is 5.32 Å². The predicted octanol–water partition coefficient (Wildman–Crippen LogP) is 3.60. The smallest absolute Gasteiger partial charge is 0.317 e. The van der Waals surface area contributed by atoms with Gasteiger partial charge in [-0.1, -0.05) is 6.07 Å². The fraction of sp³-hybridized carbons (Fsp3) is 0.350. The van der Waals surface area contributed by atoms with Crippen LogP contribution in [0, 0.1) is 5.92 Å². The molecule has 3 heterocycles. The maximum atomic E-state index is 13.5. The number of amides is 1. The van der Waals surface area contributed by atoms with E-state index in [4.69, 9.17) is 4.74 Å². The lowest BCUT2D eigenvalue weighted by Crippen LogP contribution is -2.44. The standard InChI is InChI=1S/C20H19NO4S2/c1-2-25-20(24)18-13(15-4-3-6-27-15)8-14-17(19(18)23)12(9-16(22)21-14)11-5-7-26-10-11/h3-7,10,12-13,18H,2,8-9H2,1H3,(H,21,22)/t12-,13+,18+/m0/s1. The Morgan fingerprint density at radius 1 is 1.26 bits per heavy atom. The maximum Gasteiger partial charge on any atom is 0.317 e.